The highest BCUT2D eigenvalue weighted by Crippen LogP contribution is 2.46. The molecule has 2 aromatic carbocycles. The van der Waals surface area contributed by atoms with Crippen LogP contribution in [0.15, 0.2) is 65.7 Å². The second-order valence-electron chi connectivity index (χ2n) is 11.4. The van der Waals surface area contributed by atoms with Crippen molar-refractivity contribution >= 4 is 16.6 Å². The molecule has 1 aliphatic heterocycles. The second kappa shape index (κ2) is 8.44. The minimum absolute atomic E-state index is 0.0420. The maximum Gasteiger partial charge on any atom is 0.387 e. The topological polar surface area (TPSA) is 64.7 Å². The van der Waals surface area contributed by atoms with Crippen molar-refractivity contribution in [3.05, 3.63) is 82.5 Å². The molecule has 0 atom stereocenters. The molecular weight excluding hydrogens is 512 g/mol. The first-order valence-corrected chi connectivity index (χ1v) is 13.7. The van der Waals surface area contributed by atoms with E-state index in [4.69, 9.17) is 10.1 Å². The largest absolute Gasteiger partial charge is 0.435 e. The number of pyridine rings is 1. The van der Waals surface area contributed by atoms with Crippen LogP contribution in [0.3, 0.4) is 0 Å². The Bertz CT molecular complexity index is 1870. The summed E-state index contributed by atoms with van der Waals surface area (Å²) < 4.78 is 34.1. The molecule has 4 heterocycles. The van der Waals surface area contributed by atoms with Crippen molar-refractivity contribution in [1.29, 1.82) is 0 Å². The third-order valence-electron chi connectivity index (χ3n) is 8.84. The molecule has 2 saturated carbocycles. The van der Waals surface area contributed by atoms with E-state index < -0.39 is 6.61 Å². The molecule has 40 heavy (non-hydrogen) atoms. The molecule has 0 amide bonds. The van der Waals surface area contributed by atoms with E-state index >= 15 is 0 Å². The normalized spacial score (nSPS) is 18.1. The molecule has 202 valence electrons. The van der Waals surface area contributed by atoms with Gasteiger partial charge < -0.3 is 9.14 Å². The number of alkyl halides is 2. The molecular formula is C31H27F2N5O2. The highest BCUT2D eigenvalue weighted by molar-refractivity contribution is 5.89. The van der Waals surface area contributed by atoms with Crippen molar-refractivity contribution in [3.8, 4) is 28.0 Å². The minimum atomic E-state index is -2.91. The maximum atomic E-state index is 14.2. The zero-order valence-electron chi connectivity index (χ0n) is 22.0. The maximum absolute atomic E-state index is 14.2. The lowest BCUT2D eigenvalue weighted by molar-refractivity contribution is -0.0498. The van der Waals surface area contributed by atoms with Gasteiger partial charge in [0, 0.05) is 47.0 Å². The van der Waals surface area contributed by atoms with E-state index in [9.17, 15) is 13.6 Å². The third kappa shape index (κ3) is 3.75. The second-order valence-corrected chi connectivity index (χ2v) is 11.4. The van der Waals surface area contributed by atoms with Crippen molar-refractivity contribution in [1.82, 2.24) is 24.1 Å². The van der Waals surface area contributed by atoms with Gasteiger partial charge in [-0.2, -0.15) is 13.9 Å². The fraction of sp³-hybridized carbons (Fsp3) is 0.323. The number of likely N-dealkylation sites (N-methyl/N-ethyl adjacent to an activating group) is 1. The molecule has 0 saturated heterocycles. The summed E-state index contributed by atoms with van der Waals surface area (Å²) in [7, 11) is 2.18. The summed E-state index contributed by atoms with van der Waals surface area (Å²) in [5, 5.41) is 5.94. The van der Waals surface area contributed by atoms with Crippen LogP contribution >= 0.6 is 0 Å². The van der Waals surface area contributed by atoms with Crippen LogP contribution in [0.1, 0.15) is 43.0 Å². The zero-order chi connectivity index (χ0) is 27.2. The predicted octanol–water partition coefficient (Wildman–Crippen LogP) is 5.84. The van der Waals surface area contributed by atoms with E-state index in [2.05, 4.69) is 27.4 Å². The average Bonchev–Trinajstić information content (AvgIpc) is 3.87. The number of aromatic nitrogens is 4. The highest BCUT2D eigenvalue weighted by atomic mass is 19.3. The minimum Gasteiger partial charge on any atom is -0.435 e. The van der Waals surface area contributed by atoms with E-state index in [1.807, 2.05) is 35.0 Å². The molecule has 7 nitrogen and oxygen atoms in total. The first-order valence-electron chi connectivity index (χ1n) is 13.7. The van der Waals surface area contributed by atoms with Gasteiger partial charge in [0.05, 0.1) is 23.3 Å². The van der Waals surface area contributed by atoms with Crippen LogP contribution in [0, 0.1) is 0 Å². The van der Waals surface area contributed by atoms with Crippen LogP contribution in [0.2, 0.25) is 0 Å². The van der Waals surface area contributed by atoms with Gasteiger partial charge in [-0.15, -0.1) is 0 Å². The zero-order valence-corrected chi connectivity index (χ0v) is 22.0. The Morgan fingerprint density at radius 3 is 2.55 bits per heavy atom. The van der Waals surface area contributed by atoms with Crippen LogP contribution in [0.4, 0.5) is 8.78 Å². The molecule has 9 heteroatoms. The molecule has 3 aliphatic rings. The molecule has 2 fully saturated rings. The Labute approximate surface area is 228 Å². The van der Waals surface area contributed by atoms with Gasteiger partial charge in [-0.25, -0.2) is 4.98 Å². The lowest BCUT2D eigenvalue weighted by Crippen LogP contribution is -2.42. The van der Waals surface area contributed by atoms with Crippen molar-refractivity contribution in [2.45, 2.75) is 56.8 Å². The Morgan fingerprint density at radius 2 is 1.82 bits per heavy atom. The molecule has 0 radical (unpaired) electrons. The molecule has 2 aliphatic carbocycles. The summed E-state index contributed by atoms with van der Waals surface area (Å²) in [6.07, 6.45) is 8.39. The fourth-order valence-corrected chi connectivity index (χ4v) is 6.17. The first-order chi connectivity index (χ1) is 19.4. The number of ether oxygens (including phenoxy) is 1. The van der Waals surface area contributed by atoms with Gasteiger partial charge in [0.1, 0.15) is 11.4 Å². The number of hydrogen-bond donors (Lipinski definition) is 0. The van der Waals surface area contributed by atoms with Gasteiger partial charge in [0.25, 0.3) is 0 Å². The standard InChI is InChI=1S/C31H27F2N5O2/c1-36-16-26-22-14-20(6-9-25(22)35-38(26)17-31(36)11-12-31)23-15-37-13-10-24(18-2-3-18)34-29(37)27(28(23)39)19-4-7-21(8-5-19)40-30(32)33/h4-10,13-15,18,30H,2-3,11-12,16-17H2,1H3. The molecule has 0 unspecified atom stereocenters. The van der Waals surface area contributed by atoms with Crippen molar-refractivity contribution in [2.24, 2.45) is 0 Å². The van der Waals surface area contributed by atoms with Gasteiger partial charge in [-0.3, -0.25) is 14.4 Å². The molecule has 8 rings (SSSR count). The quantitative estimate of drug-likeness (QED) is 0.281. The van der Waals surface area contributed by atoms with E-state index in [1.165, 1.54) is 30.7 Å². The SMILES string of the molecule is CN1Cc2c3cc(-c4cn5ccc(C6CC6)nc5c(-c5ccc(OC(F)F)cc5)c4=O)ccc3nn2CC12CC2. The summed E-state index contributed by atoms with van der Waals surface area (Å²) >= 11 is 0. The molecule has 1 spiro atoms. The van der Waals surface area contributed by atoms with E-state index in [0.717, 1.165) is 48.1 Å². The summed E-state index contributed by atoms with van der Waals surface area (Å²) in [6.45, 7) is -1.20. The van der Waals surface area contributed by atoms with E-state index in [-0.39, 0.29) is 16.7 Å². The number of fused-ring (bicyclic) bond motifs is 4. The monoisotopic (exact) mass is 539 g/mol. The van der Waals surface area contributed by atoms with Gasteiger partial charge >= 0.3 is 6.61 Å². The van der Waals surface area contributed by atoms with Gasteiger partial charge in [0.2, 0.25) is 0 Å². The van der Waals surface area contributed by atoms with Crippen molar-refractivity contribution < 1.29 is 13.5 Å². The lowest BCUT2D eigenvalue weighted by Gasteiger charge is -2.33. The summed E-state index contributed by atoms with van der Waals surface area (Å²) in [6, 6.07) is 14.3. The highest BCUT2D eigenvalue weighted by Gasteiger charge is 2.49. The number of hydrogen-bond acceptors (Lipinski definition) is 5. The van der Waals surface area contributed by atoms with Crippen molar-refractivity contribution in [3.63, 3.8) is 0 Å². The molecule has 0 N–H and O–H groups in total. The summed E-state index contributed by atoms with van der Waals surface area (Å²) in [5.41, 5.74) is 6.11. The van der Waals surface area contributed by atoms with Crippen LogP contribution in [0.5, 0.6) is 5.75 Å². The Kier molecular flexibility index (Phi) is 5.01. The predicted molar refractivity (Wildman–Crippen MR) is 148 cm³/mol. The Balaban J connectivity index is 1.30. The molecule has 0 bridgehead atoms. The van der Waals surface area contributed by atoms with Crippen LogP contribution in [-0.4, -0.2) is 43.3 Å². The number of rotatable bonds is 5. The number of benzene rings is 2. The van der Waals surface area contributed by atoms with Crippen LogP contribution < -0.4 is 10.2 Å². The fourth-order valence-electron chi connectivity index (χ4n) is 6.17. The lowest BCUT2D eigenvalue weighted by atomic mass is 9.98. The number of nitrogens with zero attached hydrogens (tertiary/aromatic N) is 5. The van der Waals surface area contributed by atoms with Crippen LogP contribution in [0.25, 0.3) is 38.8 Å². The average molecular weight is 540 g/mol. The molecule has 5 aromatic rings. The van der Waals surface area contributed by atoms with E-state index in [0.29, 0.717) is 28.3 Å². The van der Waals surface area contributed by atoms with Gasteiger partial charge in [-0.1, -0.05) is 18.2 Å². The smallest absolute Gasteiger partial charge is 0.387 e. The molecule has 3 aromatic heterocycles. The Hall–Kier alpha value is -4.11. The van der Waals surface area contributed by atoms with Crippen LogP contribution in [-0.2, 0) is 13.1 Å². The Morgan fingerprint density at radius 1 is 1.05 bits per heavy atom. The van der Waals surface area contributed by atoms with Crippen molar-refractivity contribution in [2.75, 3.05) is 7.05 Å². The third-order valence-corrected chi connectivity index (χ3v) is 8.84. The summed E-state index contributed by atoms with van der Waals surface area (Å²) in [4.78, 5) is 21.6. The van der Waals surface area contributed by atoms with Gasteiger partial charge in [0.15, 0.2) is 5.43 Å². The van der Waals surface area contributed by atoms with Gasteiger partial charge in [-0.05, 0) is 74.2 Å². The summed E-state index contributed by atoms with van der Waals surface area (Å²) in [5.74, 6) is 0.457. The first kappa shape index (κ1) is 23.7. The van der Waals surface area contributed by atoms with E-state index in [1.54, 1.807) is 12.1 Å². The number of halogens is 2.